The van der Waals surface area contributed by atoms with Crippen LogP contribution in [0.4, 0.5) is 10.1 Å². The number of benzene rings is 1. The summed E-state index contributed by atoms with van der Waals surface area (Å²) in [5.74, 6) is -0.239. The molecule has 0 aliphatic rings. The molecule has 0 amide bonds. The second-order valence-corrected chi connectivity index (χ2v) is 5.02. The number of nitrogens with zero attached hydrogens (tertiary/aromatic N) is 2. The molecule has 104 valence electrons. The van der Waals surface area contributed by atoms with Crippen molar-refractivity contribution in [2.24, 2.45) is 0 Å². The Labute approximate surface area is 115 Å². The van der Waals surface area contributed by atoms with E-state index in [1.54, 1.807) is 6.07 Å². The van der Waals surface area contributed by atoms with Crippen molar-refractivity contribution in [2.75, 3.05) is 25.0 Å². The summed E-state index contributed by atoms with van der Waals surface area (Å²) in [5, 5.41) is 12.5. The quantitative estimate of drug-likeness (QED) is 0.822. The lowest BCUT2D eigenvalue weighted by molar-refractivity contribution is 0.421. The maximum Gasteiger partial charge on any atom is 0.125 e. The first-order chi connectivity index (χ1) is 9.00. The molecule has 0 saturated heterocycles. The van der Waals surface area contributed by atoms with Crippen molar-refractivity contribution in [1.29, 1.82) is 5.26 Å². The second-order valence-electron chi connectivity index (χ2n) is 5.02. The first-order valence-corrected chi connectivity index (χ1v) is 6.64. The lowest BCUT2D eigenvalue weighted by Crippen LogP contribution is -2.43. The molecule has 1 N–H and O–H groups in total. The molecule has 0 spiro atoms. The van der Waals surface area contributed by atoms with E-state index >= 15 is 0 Å². The van der Waals surface area contributed by atoms with Crippen LogP contribution < -0.4 is 10.2 Å². The standard InChI is InChI=1S/C15H22FN3/c1-4-9-18-15(2,12-17)8-10-19(3)14-7-5-6-13(16)11-14/h5-7,11,18H,4,8-10H2,1-3H3. The number of hydrogen-bond donors (Lipinski definition) is 1. The van der Waals surface area contributed by atoms with Crippen molar-refractivity contribution in [3.05, 3.63) is 30.1 Å². The summed E-state index contributed by atoms with van der Waals surface area (Å²) < 4.78 is 13.1. The summed E-state index contributed by atoms with van der Waals surface area (Å²) in [6.07, 6.45) is 1.69. The molecule has 1 aromatic carbocycles. The molecule has 0 aliphatic carbocycles. The zero-order valence-corrected chi connectivity index (χ0v) is 11.9. The minimum Gasteiger partial charge on any atom is -0.374 e. The van der Waals surface area contributed by atoms with Gasteiger partial charge in [0.1, 0.15) is 11.4 Å². The van der Waals surface area contributed by atoms with E-state index in [0.717, 1.165) is 18.7 Å². The van der Waals surface area contributed by atoms with Gasteiger partial charge < -0.3 is 4.90 Å². The van der Waals surface area contributed by atoms with E-state index in [1.807, 2.05) is 24.9 Å². The van der Waals surface area contributed by atoms with Gasteiger partial charge in [0.25, 0.3) is 0 Å². The topological polar surface area (TPSA) is 39.1 Å². The predicted molar refractivity (Wildman–Crippen MR) is 76.6 cm³/mol. The highest BCUT2D eigenvalue weighted by Crippen LogP contribution is 2.16. The first-order valence-electron chi connectivity index (χ1n) is 6.64. The highest BCUT2D eigenvalue weighted by Gasteiger charge is 2.22. The lowest BCUT2D eigenvalue weighted by atomic mass is 9.99. The molecule has 3 nitrogen and oxygen atoms in total. The van der Waals surface area contributed by atoms with Gasteiger partial charge in [-0.05, 0) is 44.5 Å². The number of nitriles is 1. The van der Waals surface area contributed by atoms with Crippen molar-refractivity contribution in [3.8, 4) is 6.07 Å². The molecular formula is C15H22FN3. The third kappa shape index (κ3) is 4.88. The normalized spacial score (nSPS) is 13.6. The average Bonchev–Trinajstić information content (AvgIpc) is 2.42. The molecule has 19 heavy (non-hydrogen) atoms. The van der Waals surface area contributed by atoms with Gasteiger partial charge in [0.15, 0.2) is 0 Å². The van der Waals surface area contributed by atoms with E-state index in [-0.39, 0.29) is 5.82 Å². The summed E-state index contributed by atoms with van der Waals surface area (Å²) in [5.41, 5.74) is 0.299. The molecule has 1 rings (SSSR count). The summed E-state index contributed by atoms with van der Waals surface area (Å²) in [6.45, 7) is 5.50. The zero-order chi connectivity index (χ0) is 14.3. The van der Waals surface area contributed by atoms with E-state index in [9.17, 15) is 9.65 Å². The van der Waals surface area contributed by atoms with E-state index in [4.69, 9.17) is 0 Å². The molecule has 0 fully saturated rings. The van der Waals surface area contributed by atoms with Crippen LogP contribution in [-0.4, -0.2) is 25.7 Å². The molecule has 0 heterocycles. The summed E-state index contributed by atoms with van der Waals surface area (Å²) >= 11 is 0. The minimum absolute atomic E-state index is 0.239. The molecule has 1 atom stereocenters. The Morgan fingerprint density at radius 2 is 2.21 bits per heavy atom. The minimum atomic E-state index is -0.530. The maximum absolute atomic E-state index is 13.1. The highest BCUT2D eigenvalue weighted by atomic mass is 19.1. The van der Waals surface area contributed by atoms with Crippen LogP contribution in [0.15, 0.2) is 24.3 Å². The predicted octanol–water partition coefficient (Wildman–Crippen LogP) is 2.93. The van der Waals surface area contributed by atoms with E-state index in [0.29, 0.717) is 13.0 Å². The van der Waals surface area contributed by atoms with Gasteiger partial charge in [-0.15, -0.1) is 0 Å². The van der Waals surface area contributed by atoms with Gasteiger partial charge in [0, 0.05) is 19.3 Å². The Kier molecular flexibility index (Phi) is 5.78. The molecule has 1 unspecified atom stereocenters. The Hall–Kier alpha value is -1.60. The fourth-order valence-corrected chi connectivity index (χ4v) is 1.82. The Morgan fingerprint density at radius 1 is 1.47 bits per heavy atom. The van der Waals surface area contributed by atoms with Crippen molar-refractivity contribution in [1.82, 2.24) is 5.32 Å². The number of nitrogens with one attached hydrogen (secondary N) is 1. The molecule has 0 bridgehead atoms. The highest BCUT2D eigenvalue weighted by molar-refractivity contribution is 5.45. The SMILES string of the molecule is CCCNC(C)(C#N)CCN(C)c1cccc(F)c1. The molecule has 0 saturated carbocycles. The monoisotopic (exact) mass is 263 g/mol. The van der Waals surface area contributed by atoms with Gasteiger partial charge in [0.2, 0.25) is 0 Å². The van der Waals surface area contributed by atoms with Gasteiger partial charge in [-0.25, -0.2) is 4.39 Å². The average molecular weight is 263 g/mol. The van der Waals surface area contributed by atoms with Crippen LogP contribution in [-0.2, 0) is 0 Å². The Bertz CT molecular complexity index is 441. The number of hydrogen-bond acceptors (Lipinski definition) is 3. The summed E-state index contributed by atoms with van der Waals surface area (Å²) in [7, 11) is 1.91. The van der Waals surface area contributed by atoms with Gasteiger partial charge in [-0.1, -0.05) is 13.0 Å². The zero-order valence-electron chi connectivity index (χ0n) is 11.9. The third-order valence-electron chi connectivity index (χ3n) is 3.21. The van der Waals surface area contributed by atoms with Crippen LogP contribution >= 0.6 is 0 Å². The second kappa shape index (κ2) is 7.10. The number of anilines is 1. The van der Waals surface area contributed by atoms with Gasteiger partial charge in [0.05, 0.1) is 6.07 Å². The van der Waals surface area contributed by atoms with Gasteiger partial charge >= 0.3 is 0 Å². The Morgan fingerprint density at radius 3 is 2.79 bits per heavy atom. The fraction of sp³-hybridized carbons (Fsp3) is 0.533. The first kappa shape index (κ1) is 15.5. The lowest BCUT2D eigenvalue weighted by Gasteiger charge is -2.27. The number of rotatable bonds is 7. The number of halogens is 1. The van der Waals surface area contributed by atoms with Crippen LogP contribution in [0.2, 0.25) is 0 Å². The summed E-state index contributed by atoms with van der Waals surface area (Å²) in [4.78, 5) is 1.96. The molecule has 1 aromatic rings. The van der Waals surface area contributed by atoms with E-state index < -0.39 is 5.54 Å². The van der Waals surface area contributed by atoms with Crippen LogP contribution in [0.25, 0.3) is 0 Å². The van der Waals surface area contributed by atoms with Crippen LogP contribution in [0, 0.1) is 17.1 Å². The smallest absolute Gasteiger partial charge is 0.125 e. The third-order valence-corrected chi connectivity index (χ3v) is 3.21. The molecule has 4 heteroatoms. The van der Waals surface area contributed by atoms with Crippen molar-refractivity contribution < 1.29 is 4.39 Å². The molecule has 0 aromatic heterocycles. The van der Waals surface area contributed by atoms with E-state index in [2.05, 4.69) is 18.3 Å². The van der Waals surface area contributed by atoms with E-state index in [1.165, 1.54) is 12.1 Å². The van der Waals surface area contributed by atoms with Crippen LogP contribution in [0.5, 0.6) is 0 Å². The molecule has 0 radical (unpaired) electrons. The molecular weight excluding hydrogens is 241 g/mol. The largest absolute Gasteiger partial charge is 0.374 e. The van der Waals surface area contributed by atoms with Crippen molar-refractivity contribution in [2.45, 2.75) is 32.2 Å². The van der Waals surface area contributed by atoms with Crippen molar-refractivity contribution in [3.63, 3.8) is 0 Å². The van der Waals surface area contributed by atoms with Crippen LogP contribution in [0.1, 0.15) is 26.7 Å². The van der Waals surface area contributed by atoms with Gasteiger partial charge in [-0.2, -0.15) is 5.26 Å². The molecule has 0 aliphatic heterocycles. The van der Waals surface area contributed by atoms with Crippen molar-refractivity contribution >= 4 is 5.69 Å². The van der Waals surface area contributed by atoms with Crippen LogP contribution in [0.3, 0.4) is 0 Å². The van der Waals surface area contributed by atoms with Gasteiger partial charge in [-0.3, -0.25) is 5.32 Å². The maximum atomic E-state index is 13.1. The Balaban J connectivity index is 2.57. The fourth-order valence-electron chi connectivity index (χ4n) is 1.82. The summed E-state index contributed by atoms with van der Waals surface area (Å²) in [6, 6.07) is 8.81.